The standard InChI is InChI=1S/C14H16ClN3OS/c1-20-9-6-12(18-7-2-3-8-18)14(19)17-13-5-4-11(15)10-16-13/h2-5,7-8,10,12H,6,9H2,1H3,(H,16,17,19)/t12-/m1/s1. The first-order chi connectivity index (χ1) is 9.70. The van der Waals surface area contributed by atoms with Gasteiger partial charge in [0.15, 0.2) is 0 Å². The summed E-state index contributed by atoms with van der Waals surface area (Å²) >= 11 is 7.50. The largest absolute Gasteiger partial charge is 0.342 e. The number of amides is 1. The molecule has 4 nitrogen and oxygen atoms in total. The molecule has 0 radical (unpaired) electrons. The van der Waals surface area contributed by atoms with Crippen molar-refractivity contribution in [1.29, 1.82) is 0 Å². The first kappa shape index (κ1) is 14.9. The molecule has 106 valence electrons. The Morgan fingerprint density at radius 2 is 2.20 bits per heavy atom. The third-order valence-electron chi connectivity index (χ3n) is 2.86. The van der Waals surface area contributed by atoms with Crippen molar-refractivity contribution in [3.05, 3.63) is 47.9 Å². The van der Waals surface area contributed by atoms with E-state index in [0.717, 1.165) is 12.2 Å². The fraction of sp³-hybridized carbons (Fsp3) is 0.286. The average molecular weight is 310 g/mol. The van der Waals surface area contributed by atoms with Crippen LogP contribution in [0, 0.1) is 0 Å². The van der Waals surface area contributed by atoms with E-state index in [0.29, 0.717) is 10.8 Å². The van der Waals surface area contributed by atoms with Crippen LogP contribution in [0.3, 0.4) is 0 Å². The third kappa shape index (κ3) is 4.02. The van der Waals surface area contributed by atoms with Crippen LogP contribution < -0.4 is 5.32 Å². The lowest BCUT2D eigenvalue weighted by Crippen LogP contribution is -2.26. The number of anilines is 1. The van der Waals surface area contributed by atoms with Gasteiger partial charge in [0.25, 0.3) is 0 Å². The predicted octanol–water partition coefficient (Wildman–Crippen LogP) is 3.47. The van der Waals surface area contributed by atoms with E-state index in [-0.39, 0.29) is 11.9 Å². The van der Waals surface area contributed by atoms with Crippen molar-refractivity contribution in [2.45, 2.75) is 12.5 Å². The molecule has 6 heteroatoms. The summed E-state index contributed by atoms with van der Waals surface area (Å²) in [4.78, 5) is 16.5. The van der Waals surface area contributed by atoms with E-state index in [4.69, 9.17) is 11.6 Å². The third-order valence-corrected chi connectivity index (χ3v) is 3.73. The molecule has 2 aromatic rings. The molecule has 20 heavy (non-hydrogen) atoms. The van der Waals surface area contributed by atoms with Gasteiger partial charge in [-0.3, -0.25) is 4.79 Å². The zero-order valence-electron chi connectivity index (χ0n) is 11.1. The Hall–Kier alpha value is -1.46. The highest BCUT2D eigenvalue weighted by atomic mass is 35.5. The molecule has 0 saturated heterocycles. The monoisotopic (exact) mass is 309 g/mol. The van der Waals surface area contributed by atoms with Crippen molar-refractivity contribution in [3.8, 4) is 0 Å². The van der Waals surface area contributed by atoms with Crippen molar-refractivity contribution in [2.24, 2.45) is 0 Å². The van der Waals surface area contributed by atoms with Crippen LogP contribution in [0.25, 0.3) is 0 Å². The summed E-state index contributed by atoms with van der Waals surface area (Å²) in [7, 11) is 0. The van der Waals surface area contributed by atoms with Gasteiger partial charge in [-0.15, -0.1) is 0 Å². The van der Waals surface area contributed by atoms with Gasteiger partial charge in [-0.2, -0.15) is 11.8 Å². The van der Waals surface area contributed by atoms with Crippen LogP contribution in [0.15, 0.2) is 42.9 Å². The lowest BCUT2D eigenvalue weighted by molar-refractivity contribution is -0.119. The molecule has 1 N–H and O–H groups in total. The molecule has 1 amide bonds. The van der Waals surface area contributed by atoms with Gasteiger partial charge in [0, 0.05) is 18.6 Å². The lowest BCUT2D eigenvalue weighted by atomic mass is 10.2. The molecule has 0 aliphatic carbocycles. The Bertz CT molecular complexity index is 542. The van der Waals surface area contributed by atoms with Crippen LogP contribution in [0.2, 0.25) is 5.02 Å². The van der Waals surface area contributed by atoms with Gasteiger partial charge >= 0.3 is 0 Å². The van der Waals surface area contributed by atoms with Crippen LogP contribution in [0.5, 0.6) is 0 Å². The minimum Gasteiger partial charge on any atom is -0.342 e. The highest BCUT2D eigenvalue weighted by Crippen LogP contribution is 2.18. The lowest BCUT2D eigenvalue weighted by Gasteiger charge is -2.18. The Labute approximate surface area is 127 Å². The van der Waals surface area contributed by atoms with Crippen LogP contribution in [-0.4, -0.2) is 27.5 Å². The first-order valence-electron chi connectivity index (χ1n) is 6.24. The molecule has 2 aromatic heterocycles. The topological polar surface area (TPSA) is 46.9 Å². The van der Waals surface area contributed by atoms with Crippen LogP contribution >= 0.6 is 23.4 Å². The molecule has 0 aliphatic rings. The number of halogens is 1. The Balaban J connectivity index is 2.08. The van der Waals surface area contributed by atoms with Gasteiger partial charge in [0.1, 0.15) is 11.9 Å². The zero-order chi connectivity index (χ0) is 14.4. The van der Waals surface area contributed by atoms with Crippen LogP contribution in [0.1, 0.15) is 12.5 Å². The van der Waals surface area contributed by atoms with E-state index >= 15 is 0 Å². The van der Waals surface area contributed by atoms with Crippen molar-refractivity contribution in [3.63, 3.8) is 0 Å². The second kappa shape index (κ2) is 7.36. The fourth-order valence-corrected chi connectivity index (χ4v) is 2.43. The van der Waals surface area contributed by atoms with Crippen LogP contribution in [0.4, 0.5) is 5.82 Å². The summed E-state index contributed by atoms with van der Waals surface area (Å²) in [6.07, 6.45) is 8.13. The summed E-state index contributed by atoms with van der Waals surface area (Å²) in [6, 6.07) is 7.01. The number of carbonyl (C=O) groups is 1. The molecule has 2 heterocycles. The van der Waals surface area contributed by atoms with E-state index in [1.165, 1.54) is 6.20 Å². The summed E-state index contributed by atoms with van der Waals surface area (Å²) in [5.74, 6) is 1.37. The molecule has 1 atom stereocenters. The highest BCUT2D eigenvalue weighted by Gasteiger charge is 2.19. The minimum atomic E-state index is -0.227. The molecule has 0 aromatic carbocycles. The smallest absolute Gasteiger partial charge is 0.248 e. The number of hydrogen-bond acceptors (Lipinski definition) is 3. The van der Waals surface area contributed by atoms with Gasteiger partial charge in [-0.1, -0.05) is 11.6 Å². The average Bonchev–Trinajstić information content (AvgIpc) is 2.96. The van der Waals surface area contributed by atoms with Gasteiger partial charge in [-0.05, 0) is 42.7 Å². The normalized spacial score (nSPS) is 12.1. The molecule has 0 spiro atoms. The van der Waals surface area contributed by atoms with E-state index in [1.54, 1.807) is 23.9 Å². The molecular formula is C14H16ClN3OS. The maximum atomic E-state index is 12.4. The quantitative estimate of drug-likeness (QED) is 0.889. The predicted molar refractivity (Wildman–Crippen MR) is 84.3 cm³/mol. The van der Waals surface area contributed by atoms with Gasteiger partial charge in [-0.25, -0.2) is 4.98 Å². The molecule has 2 rings (SSSR count). The maximum Gasteiger partial charge on any atom is 0.248 e. The zero-order valence-corrected chi connectivity index (χ0v) is 12.7. The molecule has 0 unspecified atom stereocenters. The fourth-order valence-electron chi connectivity index (χ4n) is 1.86. The summed E-state index contributed by atoms with van der Waals surface area (Å²) in [5.41, 5.74) is 0. The second-order valence-corrected chi connectivity index (χ2v) is 5.70. The molecular weight excluding hydrogens is 294 g/mol. The van der Waals surface area contributed by atoms with Crippen molar-refractivity contribution >= 4 is 35.1 Å². The van der Waals surface area contributed by atoms with Gasteiger partial charge in [0.05, 0.1) is 5.02 Å². The Kier molecular flexibility index (Phi) is 5.49. The van der Waals surface area contributed by atoms with Crippen molar-refractivity contribution in [1.82, 2.24) is 9.55 Å². The maximum absolute atomic E-state index is 12.4. The number of rotatable bonds is 6. The van der Waals surface area contributed by atoms with Crippen molar-refractivity contribution in [2.75, 3.05) is 17.3 Å². The van der Waals surface area contributed by atoms with Crippen LogP contribution in [-0.2, 0) is 4.79 Å². The number of carbonyl (C=O) groups excluding carboxylic acids is 1. The van der Waals surface area contributed by atoms with E-state index < -0.39 is 0 Å². The number of thioether (sulfide) groups is 1. The van der Waals surface area contributed by atoms with Gasteiger partial charge in [0.2, 0.25) is 5.91 Å². The molecule has 0 aliphatic heterocycles. The molecule has 0 saturated carbocycles. The summed E-state index contributed by atoms with van der Waals surface area (Å²) in [5, 5.41) is 3.38. The highest BCUT2D eigenvalue weighted by molar-refractivity contribution is 7.98. The second-order valence-electron chi connectivity index (χ2n) is 4.28. The van der Waals surface area contributed by atoms with E-state index in [9.17, 15) is 4.79 Å². The summed E-state index contributed by atoms with van der Waals surface area (Å²) in [6.45, 7) is 0. The summed E-state index contributed by atoms with van der Waals surface area (Å²) < 4.78 is 1.92. The Morgan fingerprint density at radius 3 is 2.80 bits per heavy atom. The molecule has 0 bridgehead atoms. The minimum absolute atomic E-state index is 0.0647. The number of pyridine rings is 1. The van der Waals surface area contributed by atoms with Gasteiger partial charge < -0.3 is 9.88 Å². The number of aromatic nitrogens is 2. The molecule has 0 fully saturated rings. The van der Waals surface area contributed by atoms with E-state index in [1.807, 2.05) is 35.3 Å². The number of nitrogens with one attached hydrogen (secondary N) is 1. The van der Waals surface area contributed by atoms with Crippen molar-refractivity contribution < 1.29 is 4.79 Å². The SMILES string of the molecule is CSCC[C@H](C(=O)Nc1ccc(Cl)cn1)n1cccc1. The number of hydrogen-bond donors (Lipinski definition) is 1. The Morgan fingerprint density at radius 1 is 1.45 bits per heavy atom. The number of nitrogens with zero attached hydrogens (tertiary/aromatic N) is 2. The van der Waals surface area contributed by atoms with E-state index in [2.05, 4.69) is 10.3 Å². The first-order valence-corrected chi connectivity index (χ1v) is 8.01.